The van der Waals surface area contributed by atoms with Crippen molar-refractivity contribution in [3.05, 3.63) is 12.2 Å². The molecule has 6 nitrogen and oxygen atoms in total. The summed E-state index contributed by atoms with van der Waals surface area (Å²) in [4.78, 5) is 33.3. The van der Waals surface area contributed by atoms with Gasteiger partial charge in [-0.25, -0.2) is 9.78 Å². The Morgan fingerprint density at radius 3 is 2.75 bits per heavy atom. The van der Waals surface area contributed by atoms with Crippen LogP contribution in [0, 0.1) is 0 Å². The first-order valence-corrected chi connectivity index (χ1v) is 5.21. The van der Waals surface area contributed by atoms with Crippen LogP contribution in [-0.2, 0) is 19.4 Å². The molecule has 3 rings (SSSR count). The van der Waals surface area contributed by atoms with Gasteiger partial charge in [-0.05, 0) is 25.0 Å². The van der Waals surface area contributed by atoms with E-state index in [1.54, 1.807) is 17.1 Å². The summed E-state index contributed by atoms with van der Waals surface area (Å²) in [7, 11) is 0. The molecule has 0 aromatic carbocycles. The Morgan fingerprint density at radius 2 is 2.19 bits per heavy atom. The second kappa shape index (κ2) is 4.63. The van der Waals surface area contributed by atoms with E-state index >= 15 is 0 Å². The van der Waals surface area contributed by atoms with Crippen molar-refractivity contribution in [3.8, 4) is 0 Å². The molecule has 0 aromatic rings. The van der Waals surface area contributed by atoms with Gasteiger partial charge < -0.3 is 10.0 Å². The van der Waals surface area contributed by atoms with Crippen LogP contribution in [0.3, 0.4) is 0 Å². The van der Waals surface area contributed by atoms with Crippen LogP contribution in [0.4, 0.5) is 0 Å². The maximum Gasteiger partial charge on any atom is 0.303 e. The molecule has 0 aliphatic carbocycles. The first-order valence-electron chi connectivity index (χ1n) is 5.21. The molecule has 0 aromatic heterocycles. The standard InChI is InChI=1S/C10H13NO5/c12-9(13)3-1-2-6-11-8-5-4-7(10(11)14)15-16-8/h4-5,7-8H,1-3,6H2,(H,12,13). The second-order valence-electron chi connectivity index (χ2n) is 3.77. The van der Waals surface area contributed by atoms with Crippen LogP contribution >= 0.6 is 0 Å². The summed E-state index contributed by atoms with van der Waals surface area (Å²) in [6, 6.07) is 0. The molecule has 2 atom stereocenters. The van der Waals surface area contributed by atoms with Gasteiger partial charge in [-0.1, -0.05) is 0 Å². The third kappa shape index (κ3) is 2.23. The average molecular weight is 227 g/mol. The summed E-state index contributed by atoms with van der Waals surface area (Å²) in [6.45, 7) is 0.501. The lowest BCUT2D eigenvalue weighted by Crippen LogP contribution is -2.54. The summed E-state index contributed by atoms with van der Waals surface area (Å²) >= 11 is 0. The topological polar surface area (TPSA) is 76.1 Å². The number of rotatable bonds is 5. The van der Waals surface area contributed by atoms with E-state index in [9.17, 15) is 9.59 Å². The second-order valence-corrected chi connectivity index (χ2v) is 3.77. The van der Waals surface area contributed by atoms with E-state index in [0.717, 1.165) is 0 Å². The highest BCUT2D eigenvalue weighted by Gasteiger charge is 2.38. The number of carboxylic acids is 1. The minimum absolute atomic E-state index is 0.117. The SMILES string of the molecule is O=C(O)CCCCN1C(=O)C2C=CC1OO2. The van der Waals surface area contributed by atoms with Crippen LogP contribution < -0.4 is 0 Å². The van der Waals surface area contributed by atoms with E-state index in [0.29, 0.717) is 19.4 Å². The van der Waals surface area contributed by atoms with Gasteiger partial charge in [0.1, 0.15) is 0 Å². The van der Waals surface area contributed by atoms with Crippen LogP contribution in [-0.4, -0.2) is 40.8 Å². The van der Waals surface area contributed by atoms with E-state index in [2.05, 4.69) is 0 Å². The quantitative estimate of drug-likeness (QED) is 0.415. The minimum Gasteiger partial charge on any atom is -0.481 e. The Labute approximate surface area is 92.4 Å². The van der Waals surface area contributed by atoms with E-state index in [4.69, 9.17) is 14.9 Å². The molecule has 1 amide bonds. The molecular formula is C10H13NO5. The molecule has 16 heavy (non-hydrogen) atoms. The summed E-state index contributed by atoms with van der Waals surface area (Å²) in [5.74, 6) is -0.931. The van der Waals surface area contributed by atoms with Gasteiger partial charge in [-0.3, -0.25) is 9.59 Å². The Morgan fingerprint density at radius 1 is 1.38 bits per heavy atom. The maximum atomic E-state index is 11.7. The summed E-state index contributed by atoms with van der Waals surface area (Å²) in [6.07, 6.45) is 3.69. The Bertz CT molecular complexity index is 327. The molecule has 88 valence electrons. The molecule has 0 radical (unpaired) electrons. The molecular weight excluding hydrogens is 214 g/mol. The number of carbonyl (C=O) groups excluding carboxylic acids is 1. The number of fused-ring (bicyclic) bond motifs is 2. The lowest BCUT2D eigenvalue weighted by atomic mass is 10.1. The maximum absolute atomic E-state index is 11.7. The molecule has 3 aliphatic rings. The Hall–Kier alpha value is -1.40. The molecule has 1 fully saturated rings. The van der Waals surface area contributed by atoms with Gasteiger partial charge in [0.15, 0.2) is 12.3 Å². The lowest BCUT2D eigenvalue weighted by molar-refractivity contribution is -0.375. The zero-order chi connectivity index (χ0) is 11.5. The summed E-state index contributed by atoms with van der Waals surface area (Å²) < 4.78 is 0. The van der Waals surface area contributed by atoms with E-state index in [1.807, 2.05) is 0 Å². The summed E-state index contributed by atoms with van der Waals surface area (Å²) in [5.41, 5.74) is 0. The minimum atomic E-state index is -0.814. The molecule has 0 spiro atoms. The monoisotopic (exact) mass is 227 g/mol. The highest BCUT2D eigenvalue weighted by Crippen LogP contribution is 2.23. The number of nitrogens with zero attached hydrogens (tertiary/aromatic N) is 1. The van der Waals surface area contributed by atoms with Gasteiger partial charge in [-0.2, -0.15) is 0 Å². The highest BCUT2D eigenvalue weighted by molar-refractivity contribution is 5.84. The van der Waals surface area contributed by atoms with Crippen molar-refractivity contribution in [3.63, 3.8) is 0 Å². The van der Waals surface area contributed by atoms with Crippen LogP contribution in [0.25, 0.3) is 0 Å². The van der Waals surface area contributed by atoms with Crippen molar-refractivity contribution in [2.75, 3.05) is 6.54 Å². The van der Waals surface area contributed by atoms with Crippen LogP contribution in [0.5, 0.6) is 0 Å². The molecule has 3 heterocycles. The van der Waals surface area contributed by atoms with Gasteiger partial charge in [0.2, 0.25) is 0 Å². The van der Waals surface area contributed by atoms with E-state index in [1.165, 1.54) is 0 Å². The van der Waals surface area contributed by atoms with Gasteiger partial charge in [0, 0.05) is 13.0 Å². The number of unbranched alkanes of at least 4 members (excludes halogenated alkanes) is 1. The zero-order valence-corrected chi connectivity index (χ0v) is 8.67. The summed E-state index contributed by atoms with van der Waals surface area (Å²) in [5, 5.41) is 8.47. The van der Waals surface area contributed by atoms with Crippen LogP contribution in [0.15, 0.2) is 12.2 Å². The number of carbonyl (C=O) groups is 2. The van der Waals surface area contributed by atoms with E-state index in [-0.39, 0.29) is 12.3 Å². The molecule has 1 N–H and O–H groups in total. The fourth-order valence-corrected chi connectivity index (χ4v) is 1.74. The van der Waals surface area contributed by atoms with Gasteiger partial charge in [0.05, 0.1) is 0 Å². The number of hydrogen-bond acceptors (Lipinski definition) is 4. The lowest BCUT2D eigenvalue weighted by Gasteiger charge is -2.38. The number of carboxylic acid groups (broad SMARTS) is 1. The molecule has 2 bridgehead atoms. The number of hydrogen-bond donors (Lipinski definition) is 1. The van der Waals surface area contributed by atoms with Crippen LogP contribution in [0.2, 0.25) is 0 Å². The first-order chi connectivity index (χ1) is 7.68. The Kier molecular flexibility index (Phi) is 3.21. The normalized spacial score (nSPS) is 27.5. The van der Waals surface area contributed by atoms with Crippen molar-refractivity contribution in [1.29, 1.82) is 0 Å². The largest absolute Gasteiger partial charge is 0.481 e. The van der Waals surface area contributed by atoms with Crippen molar-refractivity contribution in [1.82, 2.24) is 4.90 Å². The first kappa shape index (κ1) is 11.1. The molecule has 2 unspecified atom stereocenters. The van der Waals surface area contributed by atoms with Gasteiger partial charge in [-0.15, -0.1) is 0 Å². The highest BCUT2D eigenvalue weighted by atomic mass is 17.2. The van der Waals surface area contributed by atoms with Gasteiger partial charge >= 0.3 is 5.97 Å². The molecule has 6 heteroatoms. The average Bonchev–Trinajstić information content (AvgIpc) is 2.28. The fourth-order valence-electron chi connectivity index (χ4n) is 1.74. The zero-order valence-electron chi connectivity index (χ0n) is 8.67. The molecule has 1 saturated heterocycles. The molecule has 0 saturated carbocycles. The number of amides is 1. The third-order valence-electron chi connectivity index (χ3n) is 2.58. The van der Waals surface area contributed by atoms with E-state index < -0.39 is 18.3 Å². The van der Waals surface area contributed by atoms with Gasteiger partial charge in [0.25, 0.3) is 5.91 Å². The van der Waals surface area contributed by atoms with Crippen LogP contribution in [0.1, 0.15) is 19.3 Å². The fraction of sp³-hybridized carbons (Fsp3) is 0.600. The predicted octanol–water partition coefficient (Wildman–Crippen LogP) is 0.296. The third-order valence-corrected chi connectivity index (χ3v) is 2.58. The molecule has 3 aliphatic heterocycles. The van der Waals surface area contributed by atoms with Crippen molar-refractivity contribution < 1.29 is 24.5 Å². The predicted molar refractivity (Wildman–Crippen MR) is 52.1 cm³/mol. The van der Waals surface area contributed by atoms with Crippen molar-refractivity contribution >= 4 is 11.9 Å². The Balaban J connectivity index is 1.80. The van der Waals surface area contributed by atoms with Crippen molar-refractivity contribution in [2.24, 2.45) is 0 Å². The van der Waals surface area contributed by atoms with Crippen molar-refractivity contribution in [2.45, 2.75) is 31.6 Å². The number of aliphatic carboxylic acids is 1. The smallest absolute Gasteiger partial charge is 0.303 e.